The molecule has 0 aromatic heterocycles. The molecule has 0 fully saturated rings. The molecule has 4 heteroatoms. The van der Waals surface area contributed by atoms with E-state index < -0.39 is 0 Å². The van der Waals surface area contributed by atoms with Gasteiger partial charge in [-0.2, -0.15) is 0 Å². The molecule has 0 aliphatic heterocycles. The summed E-state index contributed by atoms with van der Waals surface area (Å²) in [7, 11) is 0. The second-order valence-electron chi connectivity index (χ2n) is 6.45. The first-order chi connectivity index (χ1) is 12.0. The van der Waals surface area contributed by atoms with Crippen molar-refractivity contribution in [2.24, 2.45) is 0 Å². The highest BCUT2D eigenvalue weighted by Gasteiger charge is 2.08. The average Bonchev–Trinajstić information content (AvgIpc) is 2.59. The smallest absolute Gasteiger partial charge is 0.258 e. The SMILES string of the molecule is Cc1ccc(C)c(OCC(=O)NCCOc2ccccc2C(C)C)c1. The molecule has 0 aliphatic carbocycles. The minimum atomic E-state index is -0.151. The van der Waals surface area contributed by atoms with E-state index >= 15 is 0 Å². The largest absolute Gasteiger partial charge is 0.491 e. The standard InChI is InChI=1S/C21H27NO3/c1-15(2)18-7-5-6-8-19(18)24-12-11-22-21(23)14-25-20-13-16(3)9-10-17(20)4/h5-10,13,15H,11-12,14H2,1-4H3,(H,22,23). The first-order valence-electron chi connectivity index (χ1n) is 8.66. The fourth-order valence-corrected chi connectivity index (χ4v) is 2.50. The van der Waals surface area contributed by atoms with Gasteiger partial charge in [-0.15, -0.1) is 0 Å². The third kappa shape index (κ3) is 5.82. The van der Waals surface area contributed by atoms with Crippen LogP contribution in [-0.4, -0.2) is 25.7 Å². The van der Waals surface area contributed by atoms with Crippen LogP contribution in [-0.2, 0) is 4.79 Å². The Balaban J connectivity index is 1.73. The van der Waals surface area contributed by atoms with Gasteiger partial charge in [0.25, 0.3) is 5.91 Å². The van der Waals surface area contributed by atoms with Crippen LogP contribution in [0.2, 0.25) is 0 Å². The van der Waals surface area contributed by atoms with Crippen molar-refractivity contribution in [1.29, 1.82) is 0 Å². The van der Waals surface area contributed by atoms with Gasteiger partial charge in [0.05, 0.1) is 6.54 Å². The van der Waals surface area contributed by atoms with E-state index in [2.05, 4.69) is 25.2 Å². The number of para-hydroxylation sites is 1. The van der Waals surface area contributed by atoms with Gasteiger partial charge >= 0.3 is 0 Å². The zero-order valence-corrected chi connectivity index (χ0v) is 15.5. The molecule has 2 aromatic rings. The quantitative estimate of drug-likeness (QED) is 0.738. The van der Waals surface area contributed by atoms with Crippen molar-refractivity contribution in [2.45, 2.75) is 33.6 Å². The lowest BCUT2D eigenvalue weighted by Crippen LogP contribution is -2.32. The van der Waals surface area contributed by atoms with Gasteiger partial charge < -0.3 is 14.8 Å². The van der Waals surface area contributed by atoms with E-state index in [9.17, 15) is 4.79 Å². The van der Waals surface area contributed by atoms with Crippen molar-refractivity contribution >= 4 is 5.91 Å². The second kappa shape index (κ2) is 9.11. The van der Waals surface area contributed by atoms with Gasteiger partial charge in [-0.05, 0) is 48.6 Å². The average molecular weight is 341 g/mol. The Morgan fingerprint density at radius 2 is 1.80 bits per heavy atom. The van der Waals surface area contributed by atoms with Crippen LogP contribution in [0.25, 0.3) is 0 Å². The van der Waals surface area contributed by atoms with Gasteiger partial charge in [-0.1, -0.05) is 44.2 Å². The molecular weight excluding hydrogens is 314 g/mol. The summed E-state index contributed by atoms with van der Waals surface area (Å²) in [5, 5.41) is 2.82. The number of ether oxygens (including phenoxy) is 2. The summed E-state index contributed by atoms with van der Waals surface area (Å²) in [6, 6.07) is 13.9. The maximum Gasteiger partial charge on any atom is 0.258 e. The minimum Gasteiger partial charge on any atom is -0.491 e. The van der Waals surface area contributed by atoms with Crippen molar-refractivity contribution in [3.8, 4) is 11.5 Å². The Labute approximate surface area is 150 Å². The predicted octanol–water partition coefficient (Wildman–Crippen LogP) is 4.00. The Kier molecular flexibility index (Phi) is 6.87. The fraction of sp³-hybridized carbons (Fsp3) is 0.381. The van der Waals surface area contributed by atoms with E-state index in [-0.39, 0.29) is 12.5 Å². The number of carbonyl (C=O) groups excluding carboxylic acids is 1. The van der Waals surface area contributed by atoms with Gasteiger partial charge in [0.2, 0.25) is 0 Å². The Bertz CT molecular complexity index is 710. The first-order valence-corrected chi connectivity index (χ1v) is 8.66. The molecule has 0 saturated heterocycles. The number of rotatable bonds is 8. The minimum absolute atomic E-state index is 0.00682. The summed E-state index contributed by atoms with van der Waals surface area (Å²) in [5.74, 6) is 1.87. The van der Waals surface area contributed by atoms with E-state index in [1.807, 2.05) is 50.2 Å². The topological polar surface area (TPSA) is 47.6 Å². The van der Waals surface area contributed by atoms with Crippen LogP contribution in [0.5, 0.6) is 11.5 Å². The first kappa shape index (κ1) is 18.8. The van der Waals surface area contributed by atoms with E-state index in [0.29, 0.717) is 19.1 Å². The molecule has 1 amide bonds. The Morgan fingerprint density at radius 1 is 1.04 bits per heavy atom. The zero-order chi connectivity index (χ0) is 18.2. The fourth-order valence-electron chi connectivity index (χ4n) is 2.50. The zero-order valence-electron chi connectivity index (χ0n) is 15.5. The van der Waals surface area contributed by atoms with Crippen molar-refractivity contribution in [1.82, 2.24) is 5.32 Å². The molecular formula is C21H27NO3. The number of aryl methyl sites for hydroxylation is 2. The summed E-state index contributed by atoms with van der Waals surface area (Å²) in [6.07, 6.45) is 0. The molecule has 25 heavy (non-hydrogen) atoms. The van der Waals surface area contributed by atoms with E-state index in [1.165, 1.54) is 5.56 Å². The molecule has 1 N–H and O–H groups in total. The number of carbonyl (C=O) groups is 1. The van der Waals surface area contributed by atoms with Crippen LogP contribution >= 0.6 is 0 Å². The molecule has 2 aromatic carbocycles. The molecule has 2 rings (SSSR count). The molecule has 0 aliphatic rings. The highest BCUT2D eigenvalue weighted by atomic mass is 16.5. The lowest BCUT2D eigenvalue weighted by atomic mass is 10.0. The third-order valence-electron chi connectivity index (χ3n) is 3.93. The van der Waals surface area contributed by atoms with Crippen LogP contribution in [0, 0.1) is 13.8 Å². The summed E-state index contributed by atoms with van der Waals surface area (Å²) in [5.41, 5.74) is 3.30. The molecule has 134 valence electrons. The van der Waals surface area contributed by atoms with Crippen molar-refractivity contribution in [2.75, 3.05) is 19.8 Å². The number of benzene rings is 2. The Morgan fingerprint density at radius 3 is 2.56 bits per heavy atom. The number of hydrogen-bond donors (Lipinski definition) is 1. The molecule has 0 radical (unpaired) electrons. The number of amides is 1. The van der Waals surface area contributed by atoms with Crippen molar-refractivity contribution < 1.29 is 14.3 Å². The molecule has 4 nitrogen and oxygen atoms in total. The van der Waals surface area contributed by atoms with E-state index in [4.69, 9.17) is 9.47 Å². The second-order valence-corrected chi connectivity index (χ2v) is 6.45. The highest BCUT2D eigenvalue weighted by Crippen LogP contribution is 2.25. The molecule has 0 spiro atoms. The maximum absolute atomic E-state index is 11.9. The summed E-state index contributed by atoms with van der Waals surface area (Å²) < 4.78 is 11.4. The van der Waals surface area contributed by atoms with Gasteiger partial charge in [0.1, 0.15) is 18.1 Å². The van der Waals surface area contributed by atoms with Crippen LogP contribution in [0.3, 0.4) is 0 Å². The van der Waals surface area contributed by atoms with Crippen LogP contribution in [0.1, 0.15) is 36.5 Å². The van der Waals surface area contributed by atoms with Crippen molar-refractivity contribution in [3.63, 3.8) is 0 Å². The Hall–Kier alpha value is -2.49. The summed E-state index contributed by atoms with van der Waals surface area (Å²) in [6.45, 7) is 9.11. The maximum atomic E-state index is 11.9. The van der Waals surface area contributed by atoms with Crippen LogP contribution in [0.15, 0.2) is 42.5 Å². The molecule has 0 unspecified atom stereocenters. The summed E-state index contributed by atoms with van der Waals surface area (Å²) >= 11 is 0. The lowest BCUT2D eigenvalue weighted by molar-refractivity contribution is -0.123. The molecule has 0 atom stereocenters. The molecule has 0 heterocycles. The summed E-state index contributed by atoms with van der Waals surface area (Å²) in [4.78, 5) is 11.9. The predicted molar refractivity (Wildman–Crippen MR) is 100 cm³/mol. The van der Waals surface area contributed by atoms with E-state index in [1.54, 1.807) is 0 Å². The van der Waals surface area contributed by atoms with Crippen LogP contribution < -0.4 is 14.8 Å². The van der Waals surface area contributed by atoms with Gasteiger partial charge in [0, 0.05) is 0 Å². The highest BCUT2D eigenvalue weighted by molar-refractivity contribution is 5.77. The monoisotopic (exact) mass is 341 g/mol. The van der Waals surface area contributed by atoms with Gasteiger partial charge in [-0.25, -0.2) is 0 Å². The van der Waals surface area contributed by atoms with Gasteiger partial charge in [0.15, 0.2) is 6.61 Å². The number of nitrogens with one attached hydrogen (secondary N) is 1. The lowest BCUT2D eigenvalue weighted by Gasteiger charge is -2.14. The van der Waals surface area contributed by atoms with Gasteiger partial charge in [-0.3, -0.25) is 4.79 Å². The third-order valence-corrected chi connectivity index (χ3v) is 3.93. The van der Waals surface area contributed by atoms with Crippen molar-refractivity contribution in [3.05, 3.63) is 59.2 Å². The number of hydrogen-bond acceptors (Lipinski definition) is 3. The molecule has 0 saturated carbocycles. The van der Waals surface area contributed by atoms with Crippen LogP contribution in [0.4, 0.5) is 0 Å². The normalized spacial score (nSPS) is 10.6. The van der Waals surface area contributed by atoms with E-state index in [0.717, 1.165) is 22.6 Å². The molecule has 0 bridgehead atoms.